The van der Waals surface area contributed by atoms with E-state index in [-0.39, 0.29) is 5.54 Å². The molecule has 1 fully saturated rings. The number of nitrogens with zero attached hydrogens (tertiary/aromatic N) is 2. The van der Waals surface area contributed by atoms with Gasteiger partial charge < -0.3 is 15.1 Å². The summed E-state index contributed by atoms with van der Waals surface area (Å²) in [6, 6.07) is 5.93. The molecule has 96 valence electrons. The van der Waals surface area contributed by atoms with Gasteiger partial charge in [-0.15, -0.1) is 0 Å². The van der Waals surface area contributed by atoms with Gasteiger partial charge in [-0.25, -0.2) is 9.97 Å². The number of hydrogen-bond donors (Lipinski definition) is 2. The average Bonchev–Trinajstić information content (AvgIpc) is 2.85. The van der Waals surface area contributed by atoms with E-state index in [1.54, 1.807) is 0 Å². The predicted octanol–water partition coefficient (Wildman–Crippen LogP) is 2.47. The number of rotatable bonds is 2. The molecule has 1 aromatic carbocycles. The van der Waals surface area contributed by atoms with E-state index in [4.69, 9.17) is 10.2 Å². The van der Waals surface area contributed by atoms with Crippen molar-refractivity contribution in [2.45, 2.75) is 25.3 Å². The molecule has 19 heavy (non-hydrogen) atoms. The third-order valence-electron chi connectivity index (χ3n) is 3.64. The van der Waals surface area contributed by atoms with Gasteiger partial charge in [-0.2, -0.15) is 0 Å². The highest BCUT2D eigenvalue weighted by Crippen LogP contribution is 2.41. The summed E-state index contributed by atoms with van der Waals surface area (Å²) in [6.45, 7) is 1.85. The fourth-order valence-corrected chi connectivity index (χ4v) is 2.30. The number of oxazole rings is 1. The van der Waals surface area contributed by atoms with Gasteiger partial charge in [0.15, 0.2) is 11.5 Å². The van der Waals surface area contributed by atoms with E-state index in [1.807, 2.05) is 31.3 Å². The Bertz CT molecular complexity index is 767. The van der Waals surface area contributed by atoms with E-state index >= 15 is 0 Å². The first kappa shape index (κ1) is 10.8. The fourth-order valence-electron chi connectivity index (χ4n) is 2.30. The van der Waals surface area contributed by atoms with E-state index in [0.29, 0.717) is 5.89 Å². The fraction of sp³-hybridized carbons (Fsp3) is 0.286. The lowest BCUT2D eigenvalue weighted by Gasteiger charge is -2.03. The standard InChI is InChI=1S/C14H14N4O/c1-8-17-10-6-9(2-3-12(10)19-8)11-7-16-13(18-11)14(15)4-5-14/h2-3,6-7H,4-5,15H2,1H3,(H,16,18). The first-order chi connectivity index (χ1) is 9.14. The highest BCUT2D eigenvalue weighted by Gasteiger charge is 2.42. The topological polar surface area (TPSA) is 80.7 Å². The molecular formula is C14H14N4O. The smallest absolute Gasteiger partial charge is 0.192 e. The molecular weight excluding hydrogens is 240 g/mol. The molecule has 1 saturated carbocycles. The minimum absolute atomic E-state index is 0.229. The Hall–Kier alpha value is -2.14. The Kier molecular flexibility index (Phi) is 1.95. The Morgan fingerprint density at radius 2 is 2.21 bits per heavy atom. The molecule has 0 bridgehead atoms. The monoisotopic (exact) mass is 254 g/mol. The zero-order chi connectivity index (χ0) is 13.0. The van der Waals surface area contributed by atoms with Crippen LogP contribution in [0.15, 0.2) is 28.8 Å². The van der Waals surface area contributed by atoms with Gasteiger partial charge in [-0.1, -0.05) is 0 Å². The summed E-state index contributed by atoms with van der Waals surface area (Å²) in [5, 5.41) is 0. The summed E-state index contributed by atoms with van der Waals surface area (Å²) in [5.41, 5.74) is 9.58. The number of imidazole rings is 1. The minimum atomic E-state index is -0.229. The third-order valence-corrected chi connectivity index (χ3v) is 3.64. The number of hydrogen-bond acceptors (Lipinski definition) is 4. The quantitative estimate of drug-likeness (QED) is 0.736. The summed E-state index contributed by atoms with van der Waals surface area (Å²) >= 11 is 0. The van der Waals surface area contributed by atoms with Crippen molar-refractivity contribution in [3.05, 3.63) is 36.1 Å². The molecule has 0 atom stereocenters. The van der Waals surface area contributed by atoms with Crippen molar-refractivity contribution >= 4 is 11.1 Å². The van der Waals surface area contributed by atoms with Crippen molar-refractivity contribution in [2.75, 3.05) is 0 Å². The molecule has 2 heterocycles. The van der Waals surface area contributed by atoms with Crippen LogP contribution in [0, 0.1) is 6.92 Å². The van der Waals surface area contributed by atoms with Gasteiger partial charge in [0.25, 0.3) is 0 Å². The van der Waals surface area contributed by atoms with E-state index in [9.17, 15) is 0 Å². The summed E-state index contributed by atoms with van der Waals surface area (Å²) < 4.78 is 5.47. The van der Waals surface area contributed by atoms with Crippen LogP contribution < -0.4 is 5.73 Å². The molecule has 0 saturated heterocycles. The molecule has 2 aromatic heterocycles. The Morgan fingerprint density at radius 1 is 1.37 bits per heavy atom. The van der Waals surface area contributed by atoms with Gasteiger partial charge >= 0.3 is 0 Å². The average molecular weight is 254 g/mol. The number of benzene rings is 1. The van der Waals surface area contributed by atoms with Gasteiger partial charge in [0.2, 0.25) is 0 Å². The number of aryl methyl sites for hydroxylation is 1. The Morgan fingerprint density at radius 3 is 3.00 bits per heavy atom. The number of nitrogens with two attached hydrogens (primary N) is 1. The lowest BCUT2D eigenvalue weighted by atomic mass is 10.1. The second kappa shape index (κ2) is 3.45. The van der Waals surface area contributed by atoms with E-state index in [2.05, 4.69) is 15.0 Å². The van der Waals surface area contributed by atoms with Crippen molar-refractivity contribution in [1.82, 2.24) is 15.0 Å². The number of aromatic nitrogens is 3. The summed E-state index contributed by atoms with van der Waals surface area (Å²) in [4.78, 5) is 12.0. The molecule has 1 aliphatic carbocycles. The SMILES string of the molecule is Cc1nc2cc(-c3cnc(C4(N)CC4)[nH]3)ccc2o1. The zero-order valence-corrected chi connectivity index (χ0v) is 10.6. The Labute approximate surface area is 109 Å². The number of aromatic amines is 1. The van der Waals surface area contributed by atoms with Crippen LogP contribution in [0.3, 0.4) is 0 Å². The molecule has 4 rings (SSSR count). The summed E-state index contributed by atoms with van der Waals surface area (Å²) in [7, 11) is 0. The van der Waals surface area contributed by atoms with Crippen molar-refractivity contribution in [1.29, 1.82) is 0 Å². The van der Waals surface area contributed by atoms with Crippen molar-refractivity contribution in [3.63, 3.8) is 0 Å². The van der Waals surface area contributed by atoms with Crippen LogP contribution in [0.1, 0.15) is 24.6 Å². The van der Waals surface area contributed by atoms with Crippen LogP contribution in [0.2, 0.25) is 0 Å². The van der Waals surface area contributed by atoms with Gasteiger partial charge in [-0.05, 0) is 31.0 Å². The van der Waals surface area contributed by atoms with E-state index in [0.717, 1.165) is 41.0 Å². The van der Waals surface area contributed by atoms with Crippen LogP contribution >= 0.6 is 0 Å². The highest BCUT2D eigenvalue weighted by atomic mass is 16.3. The molecule has 0 spiro atoms. The number of H-pyrrole nitrogens is 1. The molecule has 0 aliphatic heterocycles. The van der Waals surface area contributed by atoms with Crippen LogP contribution in [-0.2, 0) is 5.54 Å². The minimum Gasteiger partial charge on any atom is -0.441 e. The highest BCUT2D eigenvalue weighted by molar-refractivity contribution is 5.79. The molecule has 1 aliphatic rings. The van der Waals surface area contributed by atoms with Crippen LogP contribution in [0.5, 0.6) is 0 Å². The summed E-state index contributed by atoms with van der Waals surface area (Å²) in [5.74, 6) is 1.55. The third kappa shape index (κ3) is 1.66. The van der Waals surface area contributed by atoms with Gasteiger partial charge in [0.1, 0.15) is 11.3 Å². The van der Waals surface area contributed by atoms with Gasteiger partial charge in [0.05, 0.1) is 17.4 Å². The maximum atomic E-state index is 6.13. The largest absolute Gasteiger partial charge is 0.441 e. The van der Waals surface area contributed by atoms with Gasteiger partial charge in [-0.3, -0.25) is 0 Å². The summed E-state index contributed by atoms with van der Waals surface area (Å²) in [6.07, 6.45) is 3.83. The molecule has 0 unspecified atom stereocenters. The second-order valence-corrected chi connectivity index (χ2v) is 5.22. The molecule has 0 amide bonds. The number of nitrogens with one attached hydrogen (secondary N) is 1. The molecule has 0 radical (unpaired) electrons. The maximum Gasteiger partial charge on any atom is 0.192 e. The van der Waals surface area contributed by atoms with E-state index in [1.165, 1.54) is 0 Å². The van der Waals surface area contributed by atoms with Crippen molar-refractivity contribution < 1.29 is 4.42 Å². The van der Waals surface area contributed by atoms with Crippen LogP contribution in [0.4, 0.5) is 0 Å². The molecule has 5 nitrogen and oxygen atoms in total. The molecule has 5 heteroatoms. The maximum absolute atomic E-state index is 6.13. The van der Waals surface area contributed by atoms with E-state index < -0.39 is 0 Å². The predicted molar refractivity (Wildman–Crippen MR) is 71.4 cm³/mol. The molecule has 3 N–H and O–H groups in total. The van der Waals surface area contributed by atoms with Gasteiger partial charge in [0, 0.05) is 12.5 Å². The first-order valence-corrected chi connectivity index (χ1v) is 6.36. The number of fused-ring (bicyclic) bond motifs is 1. The zero-order valence-electron chi connectivity index (χ0n) is 10.6. The second-order valence-electron chi connectivity index (χ2n) is 5.22. The lowest BCUT2D eigenvalue weighted by Crippen LogP contribution is -2.20. The van der Waals surface area contributed by atoms with Crippen LogP contribution in [0.25, 0.3) is 22.4 Å². The molecule has 3 aromatic rings. The van der Waals surface area contributed by atoms with Crippen molar-refractivity contribution in [3.8, 4) is 11.3 Å². The Balaban J connectivity index is 1.78. The first-order valence-electron chi connectivity index (χ1n) is 6.36. The van der Waals surface area contributed by atoms with Crippen LogP contribution in [-0.4, -0.2) is 15.0 Å². The normalized spacial score (nSPS) is 16.9. The lowest BCUT2D eigenvalue weighted by molar-refractivity contribution is 0.561. The van der Waals surface area contributed by atoms with Crippen molar-refractivity contribution in [2.24, 2.45) is 5.73 Å².